The minimum absolute atomic E-state index is 0. The Kier molecular flexibility index (Phi) is 7.59. The number of benzene rings is 1. The average Bonchev–Trinajstić information content (AvgIpc) is 2.53. The standard InChI is InChI=1S/C16H19N3O.2ClH/c20-16(19-11-12-4-3-8-17-10-12)15-14-6-2-1-5-13(14)7-9-18-15;;/h1-2,5-7,9,12,17H,3-4,8,10-11H2,(H,19,20);2*1H. The van der Waals surface area contributed by atoms with E-state index in [2.05, 4.69) is 15.6 Å². The highest BCUT2D eigenvalue weighted by molar-refractivity contribution is 6.05. The van der Waals surface area contributed by atoms with Crippen LogP contribution in [0.4, 0.5) is 0 Å². The van der Waals surface area contributed by atoms with Crippen LogP contribution in [0.5, 0.6) is 0 Å². The Bertz CT molecular complexity index is 610. The van der Waals surface area contributed by atoms with Crippen molar-refractivity contribution in [1.29, 1.82) is 0 Å². The zero-order chi connectivity index (χ0) is 13.8. The van der Waals surface area contributed by atoms with Gasteiger partial charge in [0.05, 0.1) is 0 Å². The van der Waals surface area contributed by atoms with Crippen molar-refractivity contribution in [3.05, 3.63) is 42.2 Å². The van der Waals surface area contributed by atoms with Crippen molar-refractivity contribution in [1.82, 2.24) is 15.6 Å². The van der Waals surface area contributed by atoms with Gasteiger partial charge in [-0.05, 0) is 43.3 Å². The van der Waals surface area contributed by atoms with Crippen molar-refractivity contribution in [2.75, 3.05) is 19.6 Å². The molecule has 1 aliphatic rings. The van der Waals surface area contributed by atoms with Crippen LogP contribution in [-0.4, -0.2) is 30.5 Å². The number of pyridine rings is 1. The van der Waals surface area contributed by atoms with Crippen LogP contribution in [0.1, 0.15) is 23.3 Å². The molecule has 1 aliphatic heterocycles. The number of aromatic nitrogens is 1. The molecule has 2 aromatic rings. The molecule has 1 saturated heterocycles. The highest BCUT2D eigenvalue weighted by atomic mass is 35.5. The Morgan fingerprint density at radius 2 is 2.09 bits per heavy atom. The van der Waals surface area contributed by atoms with E-state index in [9.17, 15) is 4.79 Å². The summed E-state index contributed by atoms with van der Waals surface area (Å²) in [6, 6.07) is 9.78. The lowest BCUT2D eigenvalue weighted by Gasteiger charge is -2.22. The number of carbonyl (C=O) groups excluding carboxylic acids is 1. The summed E-state index contributed by atoms with van der Waals surface area (Å²) in [6.07, 6.45) is 4.06. The molecule has 0 spiro atoms. The Labute approximate surface area is 142 Å². The number of nitrogens with zero attached hydrogens (tertiary/aromatic N) is 1. The molecule has 0 radical (unpaired) electrons. The van der Waals surface area contributed by atoms with Crippen molar-refractivity contribution in [3.8, 4) is 0 Å². The summed E-state index contributed by atoms with van der Waals surface area (Å²) >= 11 is 0. The largest absolute Gasteiger partial charge is 0.350 e. The Hall–Kier alpha value is -1.36. The number of nitrogens with one attached hydrogen (secondary N) is 2. The number of rotatable bonds is 3. The molecule has 120 valence electrons. The number of carbonyl (C=O) groups is 1. The first kappa shape index (κ1) is 18.7. The number of fused-ring (bicyclic) bond motifs is 1. The van der Waals surface area contributed by atoms with Crippen LogP contribution in [0.2, 0.25) is 0 Å². The molecule has 0 aliphatic carbocycles. The van der Waals surface area contributed by atoms with E-state index in [1.54, 1.807) is 6.20 Å². The van der Waals surface area contributed by atoms with Crippen molar-refractivity contribution in [2.24, 2.45) is 5.92 Å². The second kappa shape index (κ2) is 8.93. The third-order valence-electron chi connectivity index (χ3n) is 3.84. The highest BCUT2D eigenvalue weighted by Gasteiger charge is 2.16. The number of hydrogen-bond donors (Lipinski definition) is 2. The van der Waals surface area contributed by atoms with Crippen molar-refractivity contribution in [2.45, 2.75) is 12.8 Å². The molecule has 4 nitrogen and oxygen atoms in total. The summed E-state index contributed by atoms with van der Waals surface area (Å²) < 4.78 is 0. The van der Waals surface area contributed by atoms with Gasteiger partial charge >= 0.3 is 0 Å². The van der Waals surface area contributed by atoms with Crippen LogP contribution in [0, 0.1) is 5.92 Å². The van der Waals surface area contributed by atoms with Gasteiger partial charge in [0.15, 0.2) is 0 Å². The fourth-order valence-corrected chi connectivity index (χ4v) is 2.72. The lowest BCUT2D eigenvalue weighted by Crippen LogP contribution is -2.38. The maximum atomic E-state index is 12.3. The topological polar surface area (TPSA) is 54.0 Å². The molecule has 2 N–H and O–H groups in total. The Morgan fingerprint density at radius 3 is 2.86 bits per heavy atom. The number of hydrogen-bond acceptors (Lipinski definition) is 3. The third kappa shape index (κ3) is 4.32. The van der Waals surface area contributed by atoms with Crippen molar-refractivity contribution < 1.29 is 4.79 Å². The molecule has 22 heavy (non-hydrogen) atoms. The molecule has 0 bridgehead atoms. The molecule has 1 unspecified atom stereocenters. The van der Waals surface area contributed by atoms with Crippen LogP contribution in [0.25, 0.3) is 10.8 Å². The van der Waals surface area contributed by atoms with Gasteiger partial charge in [-0.2, -0.15) is 0 Å². The minimum Gasteiger partial charge on any atom is -0.350 e. The Balaban J connectivity index is 0.00000121. The van der Waals surface area contributed by atoms with Gasteiger partial charge in [-0.15, -0.1) is 24.8 Å². The van der Waals surface area contributed by atoms with E-state index >= 15 is 0 Å². The van der Waals surface area contributed by atoms with E-state index in [0.717, 1.165) is 30.4 Å². The van der Waals surface area contributed by atoms with Crippen LogP contribution in [0.15, 0.2) is 36.5 Å². The van der Waals surface area contributed by atoms with Crippen LogP contribution in [0.3, 0.4) is 0 Å². The van der Waals surface area contributed by atoms with Crippen LogP contribution >= 0.6 is 24.8 Å². The smallest absolute Gasteiger partial charge is 0.270 e. The van der Waals surface area contributed by atoms with Gasteiger partial charge < -0.3 is 10.6 Å². The quantitative estimate of drug-likeness (QED) is 0.902. The van der Waals surface area contributed by atoms with E-state index in [-0.39, 0.29) is 30.7 Å². The lowest BCUT2D eigenvalue weighted by atomic mass is 9.99. The summed E-state index contributed by atoms with van der Waals surface area (Å²) in [5.74, 6) is 0.454. The second-order valence-corrected chi connectivity index (χ2v) is 5.30. The van der Waals surface area contributed by atoms with Crippen molar-refractivity contribution >= 4 is 41.5 Å². The lowest BCUT2D eigenvalue weighted by molar-refractivity contribution is 0.0941. The monoisotopic (exact) mass is 341 g/mol. The van der Waals surface area contributed by atoms with E-state index in [1.807, 2.05) is 30.3 Å². The van der Waals surface area contributed by atoms with Gasteiger partial charge in [0.2, 0.25) is 0 Å². The molecule has 1 aromatic carbocycles. The summed E-state index contributed by atoms with van der Waals surface area (Å²) in [5, 5.41) is 8.34. The fourth-order valence-electron chi connectivity index (χ4n) is 2.72. The number of halogens is 2. The van der Waals surface area contributed by atoms with E-state index in [1.165, 1.54) is 12.8 Å². The summed E-state index contributed by atoms with van der Waals surface area (Å²) in [5.41, 5.74) is 0.520. The molecule has 1 aromatic heterocycles. The summed E-state index contributed by atoms with van der Waals surface area (Å²) in [7, 11) is 0. The third-order valence-corrected chi connectivity index (χ3v) is 3.84. The van der Waals surface area contributed by atoms with E-state index in [4.69, 9.17) is 0 Å². The van der Waals surface area contributed by atoms with E-state index in [0.29, 0.717) is 11.6 Å². The summed E-state index contributed by atoms with van der Waals surface area (Å²) in [4.78, 5) is 16.6. The van der Waals surface area contributed by atoms with Gasteiger partial charge in [0.1, 0.15) is 5.69 Å². The molecule has 1 amide bonds. The molecular weight excluding hydrogens is 321 g/mol. The highest BCUT2D eigenvalue weighted by Crippen LogP contribution is 2.16. The normalized spacial score (nSPS) is 17.2. The number of amides is 1. The summed E-state index contributed by atoms with van der Waals surface area (Å²) in [6.45, 7) is 2.80. The molecule has 1 atom stereocenters. The SMILES string of the molecule is Cl.Cl.O=C(NCC1CCCNC1)c1nccc2ccccc12. The van der Waals surface area contributed by atoms with Crippen LogP contribution < -0.4 is 10.6 Å². The first-order valence-electron chi connectivity index (χ1n) is 7.17. The zero-order valence-electron chi connectivity index (χ0n) is 12.2. The molecule has 6 heteroatoms. The maximum absolute atomic E-state index is 12.3. The van der Waals surface area contributed by atoms with Gasteiger partial charge in [-0.3, -0.25) is 9.78 Å². The Morgan fingerprint density at radius 1 is 1.27 bits per heavy atom. The molecule has 0 saturated carbocycles. The average molecular weight is 342 g/mol. The van der Waals surface area contributed by atoms with Gasteiger partial charge in [0.25, 0.3) is 5.91 Å². The fraction of sp³-hybridized carbons (Fsp3) is 0.375. The molecular formula is C16H21Cl2N3O. The minimum atomic E-state index is -0.0765. The first-order chi connectivity index (χ1) is 9.84. The predicted octanol–water partition coefficient (Wildman–Crippen LogP) is 2.81. The number of piperidine rings is 1. The van der Waals surface area contributed by atoms with Gasteiger partial charge in [-0.1, -0.05) is 24.3 Å². The second-order valence-electron chi connectivity index (χ2n) is 5.30. The van der Waals surface area contributed by atoms with Crippen LogP contribution in [-0.2, 0) is 0 Å². The van der Waals surface area contributed by atoms with E-state index < -0.39 is 0 Å². The van der Waals surface area contributed by atoms with Crippen molar-refractivity contribution in [3.63, 3.8) is 0 Å². The molecule has 1 fully saturated rings. The predicted molar refractivity (Wildman–Crippen MR) is 94.2 cm³/mol. The molecule has 3 rings (SSSR count). The zero-order valence-corrected chi connectivity index (χ0v) is 13.9. The first-order valence-corrected chi connectivity index (χ1v) is 7.17. The molecule has 2 heterocycles. The van der Waals surface area contributed by atoms with Gasteiger partial charge in [0, 0.05) is 18.1 Å². The van der Waals surface area contributed by atoms with Gasteiger partial charge in [-0.25, -0.2) is 0 Å². The maximum Gasteiger partial charge on any atom is 0.270 e.